The maximum absolute atomic E-state index is 13.0. The van der Waals surface area contributed by atoms with E-state index >= 15 is 0 Å². The van der Waals surface area contributed by atoms with Gasteiger partial charge in [-0.05, 0) is 24.2 Å². The van der Waals surface area contributed by atoms with Crippen molar-refractivity contribution in [1.82, 2.24) is 25.9 Å². The van der Waals surface area contributed by atoms with E-state index in [1.54, 1.807) is 13.8 Å². The van der Waals surface area contributed by atoms with Crippen molar-refractivity contribution in [3.05, 3.63) is 18.2 Å². The lowest BCUT2D eigenvalue weighted by atomic mass is 9.98. The number of hydrogen-bond acceptors (Lipinski definition) is 6. The Bertz CT molecular complexity index is 793. The van der Waals surface area contributed by atoms with E-state index in [9.17, 15) is 24.3 Å². The minimum atomic E-state index is -1.21. The third-order valence-corrected chi connectivity index (χ3v) is 5.20. The molecule has 4 unspecified atom stereocenters. The molecule has 0 aliphatic heterocycles. The second-order valence-corrected chi connectivity index (χ2v) is 9.37. The van der Waals surface area contributed by atoms with Gasteiger partial charge in [-0.2, -0.15) is 0 Å². The highest BCUT2D eigenvalue weighted by Gasteiger charge is 2.32. The van der Waals surface area contributed by atoms with Gasteiger partial charge in [-0.1, -0.05) is 41.5 Å². The number of aromatic amines is 1. The molecule has 11 heteroatoms. The Morgan fingerprint density at radius 1 is 0.939 bits per heavy atom. The van der Waals surface area contributed by atoms with E-state index in [0.717, 1.165) is 0 Å². The van der Waals surface area contributed by atoms with E-state index in [1.165, 1.54) is 12.5 Å². The SMILES string of the molecule is CC(C)CC(NC(=O)C(N)C(C)C)C(=O)NC(C(=O)NC(Cc1cnc[nH]1)C(=O)O)C(C)C. The molecule has 4 atom stereocenters. The largest absolute Gasteiger partial charge is 0.480 e. The van der Waals surface area contributed by atoms with Crippen molar-refractivity contribution in [3.8, 4) is 0 Å². The molecule has 0 bridgehead atoms. The normalized spacial score (nSPS) is 15.1. The van der Waals surface area contributed by atoms with Gasteiger partial charge in [0.15, 0.2) is 0 Å². The van der Waals surface area contributed by atoms with E-state index in [4.69, 9.17) is 5.73 Å². The van der Waals surface area contributed by atoms with E-state index in [-0.39, 0.29) is 24.2 Å². The molecule has 0 aromatic carbocycles. The Kier molecular flexibility index (Phi) is 11.0. The van der Waals surface area contributed by atoms with E-state index in [0.29, 0.717) is 12.1 Å². The molecule has 11 nitrogen and oxygen atoms in total. The highest BCUT2D eigenvalue weighted by molar-refractivity contribution is 5.94. The fourth-order valence-electron chi connectivity index (χ4n) is 3.14. The molecule has 1 aromatic rings. The third kappa shape index (κ3) is 9.21. The molecule has 0 aliphatic rings. The van der Waals surface area contributed by atoms with Crippen LogP contribution in [0.15, 0.2) is 12.5 Å². The van der Waals surface area contributed by atoms with Crippen molar-refractivity contribution < 1.29 is 24.3 Å². The van der Waals surface area contributed by atoms with Crippen LogP contribution in [-0.4, -0.2) is 62.9 Å². The Morgan fingerprint density at radius 3 is 2.00 bits per heavy atom. The number of nitrogens with two attached hydrogens (primary N) is 1. The lowest BCUT2D eigenvalue weighted by Crippen LogP contribution is -2.59. The molecule has 0 saturated carbocycles. The summed E-state index contributed by atoms with van der Waals surface area (Å²) >= 11 is 0. The number of aliphatic carboxylic acids is 1. The standard InChI is InChI=1S/C22H38N6O5/c1-11(2)7-15(26-20(30)17(23)12(3)4)19(29)28-18(13(5)6)21(31)27-16(22(32)33)8-14-9-24-10-25-14/h9-13,15-18H,7-8,23H2,1-6H3,(H,24,25)(H,26,30)(H,27,31)(H,28,29)(H,32,33). The first-order chi connectivity index (χ1) is 15.3. The molecule has 0 spiro atoms. The van der Waals surface area contributed by atoms with Crippen LogP contribution in [0.4, 0.5) is 0 Å². The van der Waals surface area contributed by atoms with Gasteiger partial charge in [-0.25, -0.2) is 9.78 Å². The zero-order chi connectivity index (χ0) is 25.3. The second-order valence-electron chi connectivity index (χ2n) is 9.37. The number of H-pyrrole nitrogens is 1. The topological polar surface area (TPSA) is 179 Å². The molecule has 3 amide bonds. The minimum Gasteiger partial charge on any atom is -0.480 e. The summed E-state index contributed by atoms with van der Waals surface area (Å²) in [6.07, 6.45) is 3.26. The predicted molar refractivity (Wildman–Crippen MR) is 123 cm³/mol. The molecule has 0 aliphatic carbocycles. The monoisotopic (exact) mass is 466 g/mol. The van der Waals surface area contributed by atoms with E-state index in [2.05, 4.69) is 25.9 Å². The first kappa shape index (κ1) is 28.1. The highest BCUT2D eigenvalue weighted by atomic mass is 16.4. The molecular weight excluding hydrogens is 428 g/mol. The second kappa shape index (κ2) is 12.9. The quantitative estimate of drug-likeness (QED) is 0.240. The van der Waals surface area contributed by atoms with Crippen molar-refractivity contribution in [2.75, 3.05) is 0 Å². The van der Waals surface area contributed by atoms with Gasteiger partial charge in [-0.3, -0.25) is 14.4 Å². The molecular formula is C22H38N6O5. The van der Waals surface area contributed by atoms with Gasteiger partial charge >= 0.3 is 5.97 Å². The van der Waals surface area contributed by atoms with Gasteiger partial charge in [0.05, 0.1) is 12.4 Å². The Hall–Kier alpha value is -2.95. The van der Waals surface area contributed by atoms with Crippen LogP contribution in [0.3, 0.4) is 0 Å². The molecule has 33 heavy (non-hydrogen) atoms. The number of carbonyl (C=O) groups is 4. The number of nitrogens with zero attached hydrogens (tertiary/aromatic N) is 1. The predicted octanol–water partition coefficient (Wildman–Crippen LogP) is 0.177. The number of carbonyl (C=O) groups excluding carboxylic acids is 3. The summed E-state index contributed by atoms with van der Waals surface area (Å²) in [5, 5.41) is 17.4. The number of aromatic nitrogens is 2. The first-order valence-corrected chi connectivity index (χ1v) is 11.2. The summed E-state index contributed by atoms with van der Waals surface area (Å²) in [5.41, 5.74) is 6.46. The van der Waals surface area contributed by atoms with Crippen LogP contribution in [0.5, 0.6) is 0 Å². The third-order valence-electron chi connectivity index (χ3n) is 5.20. The average Bonchev–Trinajstić information content (AvgIpc) is 3.22. The van der Waals surface area contributed by atoms with Crippen molar-refractivity contribution in [2.45, 2.75) is 78.6 Å². The van der Waals surface area contributed by atoms with Gasteiger partial charge in [0.2, 0.25) is 17.7 Å². The summed E-state index contributed by atoms with van der Waals surface area (Å²) < 4.78 is 0. The van der Waals surface area contributed by atoms with Crippen LogP contribution >= 0.6 is 0 Å². The number of hydrogen-bond donors (Lipinski definition) is 6. The zero-order valence-electron chi connectivity index (χ0n) is 20.2. The van der Waals surface area contributed by atoms with Gasteiger partial charge in [0, 0.05) is 18.3 Å². The maximum Gasteiger partial charge on any atom is 0.326 e. The van der Waals surface area contributed by atoms with Gasteiger partial charge in [-0.15, -0.1) is 0 Å². The summed E-state index contributed by atoms with van der Waals surface area (Å²) in [6.45, 7) is 10.9. The summed E-state index contributed by atoms with van der Waals surface area (Å²) in [6, 6.07) is -3.84. The summed E-state index contributed by atoms with van der Waals surface area (Å²) in [7, 11) is 0. The number of amides is 3. The first-order valence-electron chi connectivity index (χ1n) is 11.2. The number of carboxylic acid groups (broad SMARTS) is 1. The molecule has 7 N–H and O–H groups in total. The molecule has 1 heterocycles. The van der Waals surface area contributed by atoms with Crippen LogP contribution in [-0.2, 0) is 25.6 Å². The number of imidazole rings is 1. The van der Waals surface area contributed by atoms with Gasteiger partial charge in [0.25, 0.3) is 0 Å². The van der Waals surface area contributed by atoms with Crippen molar-refractivity contribution in [3.63, 3.8) is 0 Å². The molecule has 1 aromatic heterocycles. The average molecular weight is 467 g/mol. The zero-order valence-corrected chi connectivity index (χ0v) is 20.2. The van der Waals surface area contributed by atoms with Crippen LogP contribution in [0.1, 0.15) is 53.7 Å². The van der Waals surface area contributed by atoms with E-state index < -0.39 is 47.9 Å². The molecule has 0 saturated heterocycles. The molecule has 0 radical (unpaired) electrons. The smallest absolute Gasteiger partial charge is 0.326 e. The Labute approximate surface area is 194 Å². The van der Waals surface area contributed by atoms with Crippen LogP contribution in [0, 0.1) is 17.8 Å². The van der Waals surface area contributed by atoms with Crippen molar-refractivity contribution >= 4 is 23.7 Å². The van der Waals surface area contributed by atoms with Crippen molar-refractivity contribution in [2.24, 2.45) is 23.5 Å². The highest BCUT2D eigenvalue weighted by Crippen LogP contribution is 2.10. The Morgan fingerprint density at radius 2 is 1.55 bits per heavy atom. The number of carboxylic acids is 1. The maximum atomic E-state index is 13.0. The molecule has 186 valence electrons. The van der Waals surface area contributed by atoms with Crippen LogP contribution < -0.4 is 21.7 Å². The lowest BCUT2D eigenvalue weighted by Gasteiger charge is -2.28. The van der Waals surface area contributed by atoms with E-state index in [1.807, 2.05) is 27.7 Å². The summed E-state index contributed by atoms with van der Waals surface area (Å²) in [4.78, 5) is 56.7. The number of rotatable bonds is 13. The lowest BCUT2D eigenvalue weighted by molar-refractivity contribution is -0.142. The molecule has 1 rings (SSSR count). The number of nitrogens with one attached hydrogen (secondary N) is 4. The molecule has 0 fully saturated rings. The van der Waals surface area contributed by atoms with Crippen LogP contribution in [0.25, 0.3) is 0 Å². The fraction of sp³-hybridized carbons (Fsp3) is 0.682. The van der Waals surface area contributed by atoms with Gasteiger partial charge < -0.3 is 31.8 Å². The summed E-state index contributed by atoms with van der Waals surface area (Å²) in [5.74, 6) is -3.15. The van der Waals surface area contributed by atoms with Gasteiger partial charge in [0.1, 0.15) is 18.1 Å². The van der Waals surface area contributed by atoms with Crippen molar-refractivity contribution in [1.29, 1.82) is 0 Å². The fourth-order valence-corrected chi connectivity index (χ4v) is 3.14. The Balaban J connectivity index is 2.94. The minimum absolute atomic E-state index is 0.0129. The van der Waals surface area contributed by atoms with Crippen LogP contribution in [0.2, 0.25) is 0 Å².